The zero-order chi connectivity index (χ0) is 19.0. The van der Waals surface area contributed by atoms with E-state index in [1.807, 2.05) is 0 Å². The van der Waals surface area contributed by atoms with Gasteiger partial charge in [-0.3, -0.25) is 4.79 Å². The molecule has 0 unspecified atom stereocenters. The van der Waals surface area contributed by atoms with Crippen LogP contribution >= 0.6 is 0 Å². The number of carbonyl (C=O) groups excluding carboxylic acids is 1. The van der Waals surface area contributed by atoms with Crippen molar-refractivity contribution in [3.63, 3.8) is 0 Å². The molecule has 27 heavy (non-hydrogen) atoms. The Hall–Kier alpha value is -2.71. The Labute approximate surface area is 156 Å². The van der Waals surface area contributed by atoms with Crippen molar-refractivity contribution in [2.45, 2.75) is 4.90 Å². The van der Waals surface area contributed by atoms with Crippen molar-refractivity contribution in [1.29, 1.82) is 0 Å². The predicted octanol–water partition coefficient (Wildman–Crippen LogP) is 2.25. The first kappa shape index (κ1) is 17.7. The molecule has 0 aromatic heterocycles. The first-order valence-corrected chi connectivity index (χ1v) is 9.95. The molecule has 2 aliphatic heterocycles. The Morgan fingerprint density at radius 1 is 1.07 bits per heavy atom. The summed E-state index contributed by atoms with van der Waals surface area (Å²) in [6.07, 6.45) is 0. The second kappa shape index (κ2) is 6.79. The van der Waals surface area contributed by atoms with Gasteiger partial charge in [-0.25, -0.2) is 12.8 Å². The van der Waals surface area contributed by atoms with E-state index >= 15 is 0 Å². The number of sulfone groups is 1. The zero-order valence-corrected chi connectivity index (χ0v) is 15.1. The van der Waals surface area contributed by atoms with E-state index in [1.54, 1.807) is 24.3 Å². The number of hydrogen-bond donors (Lipinski definition) is 1. The maximum Gasteiger partial charge on any atom is 0.268 e. The Kier molecular flexibility index (Phi) is 4.45. The Balaban J connectivity index is 1.84. The van der Waals surface area contributed by atoms with Gasteiger partial charge < -0.3 is 15.0 Å². The highest BCUT2D eigenvalue weighted by molar-refractivity contribution is 7.97. The van der Waals surface area contributed by atoms with Crippen LogP contribution in [0.4, 0.5) is 10.1 Å². The van der Waals surface area contributed by atoms with Crippen molar-refractivity contribution in [3.05, 3.63) is 64.8 Å². The van der Waals surface area contributed by atoms with E-state index in [9.17, 15) is 17.6 Å². The average molecular weight is 388 g/mol. The van der Waals surface area contributed by atoms with Crippen LogP contribution in [-0.4, -0.2) is 45.5 Å². The SMILES string of the molecule is O=C(C1=C(Nc2cccc(F)c2)c2ccccc2S1(=O)=O)N1CCOCC1. The molecule has 4 rings (SSSR count). The van der Waals surface area contributed by atoms with Gasteiger partial charge in [-0.05, 0) is 24.3 Å². The van der Waals surface area contributed by atoms with E-state index in [4.69, 9.17) is 4.74 Å². The lowest BCUT2D eigenvalue weighted by molar-refractivity contribution is -0.130. The van der Waals surface area contributed by atoms with Gasteiger partial charge in [-0.2, -0.15) is 0 Å². The van der Waals surface area contributed by atoms with Gasteiger partial charge in [0.25, 0.3) is 5.91 Å². The van der Waals surface area contributed by atoms with Gasteiger partial charge in [0, 0.05) is 24.3 Å². The van der Waals surface area contributed by atoms with Crippen molar-refractivity contribution in [2.75, 3.05) is 31.6 Å². The standard InChI is InChI=1S/C19H17FN2O4S/c20-13-4-3-5-14(12-13)21-17-15-6-1-2-7-16(15)27(24,25)18(17)19(23)22-8-10-26-11-9-22/h1-7,12,21H,8-11H2. The van der Waals surface area contributed by atoms with Gasteiger partial charge >= 0.3 is 0 Å². The number of ether oxygens (including phenoxy) is 1. The zero-order valence-electron chi connectivity index (χ0n) is 14.3. The number of halogens is 1. The predicted molar refractivity (Wildman–Crippen MR) is 98.0 cm³/mol. The van der Waals surface area contributed by atoms with Crippen molar-refractivity contribution in [1.82, 2.24) is 4.90 Å². The summed E-state index contributed by atoms with van der Waals surface area (Å²) >= 11 is 0. The molecule has 0 saturated carbocycles. The molecule has 6 nitrogen and oxygen atoms in total. The van der Waals surface area contributed by atoms with Gasteiger partial charge in [-0.1, -0.05) is 24.3 Å². The summed E-state index contributed by atoms with van der Waals surface area (Å²) in [5.41, 5.74) is 0.940. The van der Waals surface area contributed by atoms with E-state index in [0.29, 0.717) is 37.6 Å². The lowest BCUT2D eigenvalue weighted by Crippen LogP contribution is -2.42. The van der Waals surface area contributed by atoms with Crippen LogP contribution in [0.25, 0.3) is 5.70 Å². The molecule has 0 bridgehead atoms. The summed E-state index contributed by atoms with van der Waals surface area (Å²) in [7, 11) is -3.98. The van der Waals surface area contributed by atoms with Crippen LogP contribution in [0.15, 0.2) is 58.3 Å². The first-order chi connectivity index (χ1) is 13.0. The average Bonchev–Trinajstić information content (AvgIpc) is 2.89. The maximum atomic E-state index is 13.6. The van der Waals surface area contributed by atoms with E-state index in [-0.39, 0.29) is 15.5 Å². The van der Waals surface area contributed by atoms with E-state index < -0.39 is 21.6 Å². The van der Waals surface area contributed by atoms with Gasteiger partial charge in [0.05, 0.1) is 23.8 Å². The normalized spacial score (nSPS) is 18.3. The highest BCUT2D eigenvalue weighted by Gasteiger charge is 2.41. The molecule has 2 aromatic carbocycles. The second-order valence-electron chi connectivity index (χ2n) is 6.24. The third kappa shape index (κ3) is 3.11. The number of rotatable bonds is 3. The fourth-order valence-corrected chi connectivity index (χ4v) is 4.97. The monoisotopic (exact) mass is 388 g/mol. The number of amides is 1. The molecule has 8 heteroatoms. The second-order valence-corrected chi connectivity index (χ2v) is 8.10. The highest BCUT2D eigenvalue weighted by atomic mass is 32.2. The van der Waals surface area contributed by atoms with Gasteiger partial charge in [0.15, 0.2) is 4.91 Å². The van der Waals surface area contributed by atoms with Crippen LogP contribution < -0.4 is 5.32 Å². The van der Waals surface area contributed by atoms with Crippen LogP contribution in [0.5, 0.6) is 0 Å². The number of nitrogens with zero attached hydrogens (tertiary/aromatic N) is 1. The Morgan fingerprint density at radius 2 is 1.81 bits per heavy atom. The molecule has 140 valence electrons. The quantitative estimate of drug-likeness (QED) is 0.873. The number of hydrogen-bond acceptors (Lipinski definition) is 5. The van der Waals surface area contributed by atoms with Crippen LogP contribution in [0.3, 0.4) is 0 Å². The molecule has 1 N–H and O–H groups in total. The summed E-state index contributed by atoms with van der Waals surface area (Å²) in [5, 5.41) is 2.95. The van der Waals surface area contributed by atoms with Crippen molar-refractivity contribution in [2.24, 2.45) is 0 Å². The molecule has 1 amide bonds. The summed E-state index contributed by atoms with van der Waals surface area (Å²) in [4.78, 5) is 14.3. The third-order valence-corrected chi connectivity index (χ3v) is 6.38. The number of benzene rings is 2. The molecule has 2 aromatic rings. The topological polar surface area (TPSA) is 75.7 Å². The molecule has 0 atom stereocenters. The third-order valence-electron chi connectivity index (χ3n) is 4.53. The fraction of sp³-hybridized carbons (Fsp3) is 0.211. The van der Waals surface area contributed by atoms with Crippen LogP contribution in [-0.2, 0) is 19.4 Å². The lowest BCUT2D eigenvalue weighted by atomic mass is 10.1. The molecule has 0 radical (unpaired) electrons. The molecular formula is C19H17FN2O4S. The Bertz CT molecular complexity index is 1040. The maximum absolute atomic E-state index is 13.6. The van der Waals surface area contributed by atoms with Crippen LogP contribution in [0.2, 0.25) is 0 Å². The summed E-state index contributed by atoms with van der Waals surface area (Å²) in [6, 6.07) is 12.1. The van der Waals surface area contributed by atoms with Crippen LogP contribution in [0, 0.1) is 5.82 Å². The van der Waals surface area contributed by atoms with E-state index in [0.717, 1.165) is 0 Å². The lowest BCUT2D eigenvalue weighted by Gasteiger charge is -2.27. The molecular weight excluding hydrogens is 371 g/mol. The van der Waals surface area contributed by atoms with E-state index in [1.165, 1.54) is 29.2 Å². The largest absolute Gasteiger partial charge is 0.378 e. The molecule has 0 aliphatic carbocycles. The van der Waals surface area contributed by atoms with E-state index in [2.05, 4.69) is 5.32 Å². The minimum atomic E-state index is -3.98. The summed E-state index contributed by atoms with van der Waals surface area (Å²) < 4.78 is 45.0. The first-order valence-electron chi connectivity index (χ1n) is 8.47. The number of morpholine rings is 1. The van der Waals surface area contributed by atoms with Gasteiger partial charge in [0.1, 0.15) is 5.82 Å². The molecule has 2 aliphatic rings. The number of fused-ring (bicyclic) bond motifs is 1. The van der Waals surface area contributed by atoms with Gasteiger partial charge in [-0.15, -0.1) is 0 Å². The number of anilines is 1. The molecule has 1 fully saturated rings. The van der Waals surface area contributed by atoms with Crippen molar-refractivity contribution >= 4 is 27.1 Å². The van der Waals surface area contributed by atoms with Crippen molar-refractivity contribution in [3.8, 4) is 0 Å². The molecule has 0 spiro atoms. The summed E-state index contributed by atoms with van der Waals surface area (Å²) in [6.45, 7) is 1.36. The number of carbonyl (C=O) groups is 1. The van der Waals surface area contributed by atoms with Crippen molar-refractivity contribution < 1.29 is 22.3 Å². The molecule has 1 saturated heterocycles. The fourth-order valence-electron chi connectivity index (χ4n) is 3.24. The van der Waals surface area contributed by atoms with Gasteiger partial charge in [0.2, 0.25) is 9.84 Å². The minimum absolute atomic E-state index is 0.0699. The smallest absolute Gasteiger partial charge is 0.268 e. The summed E-state index contributed by atoms with van der Waals surface area (Å²) in [5.74, 6) is -1.04. The number of nitrogens with one attached hydrogen (secondary N) is 1. The molecule has 2 heterocycles. The highest BCUT2D eigenvalue weighted by Crippen LogP contribution is 2.40. The Morgan fingerprint density at radius 3 is 2.56 bits per heavy atom. The minimum Gasteiger partial charge on any atom is -0.378 e. The van der Waals surface area contributed by atoms with Crippen LogP contribution in [0.1, 0.15) is 5.56 Å².